The monoisotopic (exact) mass is 140 g/mol. The minimum Gasteiger partial charge on any atom is -0.467 e. The van der Waals surface area contributed by atoms with Crippen LogP contribution in [0.1, 0.15) is 34.1 Å². The number of hydrogen-bond acceptors (Lipinski definition) is 1. The second-order valence-corrected chi connectivity index (χ2v) is 2.22. The smallest absolute Gasteiger partial charge is 0.0965 e. The summed E-state index contributed by atoms with van der Waals surface area (Å²) in [5, 5.41) is 0. The van der Waals surface area contributed by atoms with Crippen molar-refractivity contribution in [2.45, 2.75) is 34.1 Å². The molecule has 0 saturated heterocycles. The number of rotatable bonds is 3. The van der Waals surface area contributed by atoms with Crippen LogP contribution in [0.2, 0.25) is 0 Å². The van der Waals surface area contributed by atoms with E-state index in [0.29, 0.717) is 0 Å². The first-order chi connectivity index (χ1) is 4.70. The molecule has 0 rings (SSSR count). The fraction of sp³-hybridized carbons (Fsp3) is 0.556. The third-order valence-corrected chi connectivity index (χ3v) is 1.22. The second kappa shape index (κ2) is 5.10. The van der Waals surface area contributed by atoms with Crippen molar-refractivity contribution in [3.63, 3.8) is 0 Å². The molecular weight excluding hydrogens is 124 g/mol. The minimum absolute atomic E-state index is 0.960. The minimum atomic E-state index is 0.960. The molecule has 58 valence electrons. The van der Waals surface area contributed by atoms with Crippen molar-refractivity contribution in [2.75, 3.05) is 0 Å². The van der Waals surface area contributed by atoms with Crippen molar-refractivity contribution >= 4 is 0 Å². The van der Waals surface area contributed by atoms with Crippen LogP contribution in [0.3, 0.4) is 0 Å². The molecule has 0 fully saturated rings. The second-order valence-electron chi connectivity index (χ2n) is 2.22. The van der Waals surface area contributed by atoms with E-state index in [0.717, 1.165) is 17.9 Å². The van der Waals surface area contributed by atoms with Crippen LogP contribution in [-0.2, 0) is 4.74 Å². The van der Waals surface area contributed by atoms with Crippen molar-refractivity contribution < 1.29 is 4.74 Å². The van der Waals surface area contributed by atoms with E-state index in [1.807, 2.05) is 26.8 Å². The van der Waals surface area contributed by atoms with Crippen LogP contribution in [0.4, 0.5) is 0 Å². The van der Waals surface area contributed by atoms with Gasteiger partial charge < -0.3 is 4.74 Å². The Morgan fingerprint density at radius 2 is 1.90 bits per heavy atom. The van der Waals surface area contributed by atoms with Crippen LogP contribution in [0.15, 0.2) is 23.7 Å². The van der Waals surface area contributed by atoms with E-state index in [2.05, 4.69) is 13.0 Å². The molecule has 0 radical (unpaired) electrons. The molecule has 0 saturated carbocycles. The summed E-state index contributed by atoms with van der Waals surface area (Å²) in [6.45, 7) is 7.98. The first-order valence-corrected chi connectivity index (χ1v) is 3.68. The average molecular weight is 140 g/mol. The molecule has 0 aromatic rings. The van der Waals surface area contributed by atoms with Crippen LogP contribution in [0.5, 0.6) is 0 Å². The lowest BCUT2D eigenvalue weighted by atomic mass is 10.4. The topological polar surface area (TPSA) is 9.23 Å². The van der Waals surface area contributed by atoms with Crippen molar-refractivity contribution in [1.82, 2.24) is 0 Å². The van der Waals surface area contributed by atoms with Gasteiger partial charge in [-0.2, -0.15) is 0 Å². The quantitative estimate of drug-likeness (QED) is 0.547. The van der Waals surface area contributed by atoms with Crippen LogP contribution in [-0.4, -0.2) is 0 Å². The van der Waals surface area contributed by atoms with Gasteiger partial charge in [0.1, 0.15) is 0 Å². The molecule has 0 heterocycles. The maximum absolute atomic E-state index is 5.36. The Morgan fingerprint density at radius 1 is 1.30 bits per heavy atom. The summed E-state index contributed by atoms with van der Waals surface area (Å²) >= 11 is 0. The number of ether oxygens (including phenoxy) is 1. The standard InChI is InChI=1S/C9H16O/c1-5-7-9(4)10-8(3)6-2/h6-7H,5H2,1-4H3/b8-6-,9-7-. The molecule has 0 unspecified atom stereocenters. The van der Waals surface area contributed by atoms with Crippen molar-refractivity contribution in [1.29, 1.82) is 0 Å². The number of allylic oxidation sites excluding steroid dienone is 4. The maximum atomic E-state index is 5.36. The highest BCUT2D eigenvalue weighted by Gasteiger charge is 1.88. The largest absolute Gasteiger partial charge is 0.467 e. The molecule has 1 heteroatoms. The van der Waals surface area contributed by atoms with Gasteiger partial charge in [0.25, 0.3) is 0 Å². The summed E-state index contributed by atoms with van der Waals surface area (Å²) in [6, 6.07) is 0. The molecule has 0 amide bonds. The molecule has 0 aliphatic carbocycles. The van der Waals surface area contributed by atoms with Gasteiger partial charge in [0, 0.05) is 0 Å². The van der Waals surface area contributed by atoms with Crippen molar-refractivity contribution in [2.24, 2.45) is 0 Å². The highest BCUT2D eigenvalue weighted by atomic mass is 16.5. The average Bonchev–Trinajstić information content (AvgIpc) is 1.88. The van der Waals surface area contributed by atoms with Gasteiger partial charge in [-0.25, -0.2) is 0 Å². The fourth-order valence-corrected chi connectivity index (χ4v) is 0.642. The van der Waals surface area contributed by atoms with Crippen LogP contribution in [0.25, 0.3) is 0 Å². The molecule has 10 heavy (non-hydrogen) atoms. The van der Waals surface area contributed by atoms with Gasteiger partial charge >= 0.3 is 0 Å². The highest BCUT2D eigenvalue weighted by molar-refractivity contribution is 4.95. The van der Waals surface area contributed by atoms with Gasteiger partial charge in [-0.1, -0.05) is 6.92 Å². The molecule has 0 aromatic heterocycles. The molecule has 0 aromatic carbocycles. The fourth-order valence-electron chi connectivity index (χ4n) is 0.642. The zero-order chi connectivity index (χ0) is 7.98. The van der Waals surface area contributed by atoms with Crippen LogP contribution < -0.4 is 0 Å². The third-order valence-electron chi connectivity index (χ3n) is 1.22. The summed E-state index contributed by atoms with van der Waals surface area (Å²) in [5.74, 6) is 1.94. The Bertz CT molecular complexity index is 143. The Hall–Kier alpha value is -0.720. The van der Waals surface area contributed by atoms with Gasteiger partial charge in [0.05, 0.1) is 11.5 Å². The van der Waals surface area contributed by atoms with Crippen LogP contribution >= 0.6 is 0 Å². The molecule has 0 aliphatic rings. The van der Waals surface area contributed by atoms with E-state index in [1.54, 1.807) is 0 Å². The predicted octanol–water partition coefficient (Wildman–Crippen LogP) is 3.24. The van der Waals surface area contributed by atoms with Crippen molar-refractivity contribution in [3.8, 4) is 0 Å². The molecule has 0 spiro atoms. The summed E-state index contributed by atoms with van der Waals surface area (Å²) in [5.41, 5.74) is 0. The SMILES string of the molecule is C/C=C(/C)O/C(C)=C\CC. The van der Waals surface area contributed by atoms with Gasteiger partial charge in [-0.3, -0.25) is 0 Å². The first kappa shape index (κ1) is 9.28. The number of hydrogen-bond donors (Lipinski definition) is 0. The van der Waals surface area contributed by atoms with Crippen molar-refractivity contribution in [3.05, 3.63) is 23.7 Å². The van der Waals surface area contributed by atoms with E-state index in [1.165, 1.54) is 0 Å². The lowest BCUT2D eigenvalue weighted by molar-refractivity contribution is 0.307. The molecule has 0 N–H and O–H groups in total. The van der Waals surface area contributed by atoms with Gasteiger partial charge in [0.2, 0.25) is 0 Å². The Labute approximate surface area is 63.4 Å². The highest BCUT2D eigenvalue weighted by Crippen LogP contribution is 2.04. The molecule has 1 nitrogen and oxygen atoms in total. The van der Waals surface area contributed by atoms with E-state index in [4.69, 9.17) is 4.74 Å². The van der Waals surface area contributed by atoms with Gasteiger partial charge in [0.15, 0.2) is 0 Å². The lowest BCUT2D eigenvalue weighted by Gasteiger charge is -2.03. The molecule has 0 bridgehead atoms. The summed E-state index contributed by atoms with van der Waals surface area (Å²) in [4.78, 5) is 0. The molecular formula is C9H16O. The first-order valence-electron chi connectivity index (χ1n) is 3.68. The Balaban J connectivity index is 3.79. The Kier molecular flexibility index (Phi) is 4.73. The van der Waals surface area contributed by atoms with Gasteiger partial charge in [-0.15, -0.1) is 0 Å². The van der Waals surface area contributed by atoms with E-state index in [9.17, 15) is 0 Å². The van der Waals surface area contributed by atoms with Crippen LogP contribution in [0, 0.1) is 0 Å². The normalized spacial score (nSPS) is 13.6. The van der Waals surface area contributed by atoms with E-state index < -0.39 is 0 Å². The third kappa shape index (κ3) is 4.19. The van der Waals surface area contributed by atoms with E-state index in [-0.39, 0.29) is 0 Å². The summed E-state index contributed by atoms with van der Waals surface area (Å²) in [7, 11) is 0. The Morgan fingerprint density at radius 3 is 2.30 bits per heavy atom. The summed E-state index contributed by atoms with van der Waals surface area (Å²) < 4.78 is 5.36. The van der Waals surface area contributed by atoms with E-state index >= 15 is 0 Å². The summed E-state index contributed by atoms with van der Waals surface area (Å²) in [6.07, 6.45) is 5.04. The lowest BCUT2D eigenvalue weighted by Crippen LogP contribution is -1.84. The maximum Gasteiger partial charge on any atom is 0.0965 e. The molecule has 0 aliphatic heterocycles. The zero-order valence-corrected chi connectivity index (χ0v) is 7.27. The predicted molar refractivity (Wildman–Crippen MR) is 44.6 cm³/mol. The zero-order valence-electron chi connectivity index (χ0n) is 7.27. The van der Waals surface area contributed by atoms with Gasteiger partial charge in [-0.05, 0) is 39.3 Å². The molecule has 0 atom stereocenters.